The van der Waals surface area contributed by atoms with E-state index in [4.69, 9.17) is 0 Å². The van der Waals surface area contributed by atoms with E-state index in [1.165, 1.54) is 109 Å². The molecule has 4 aliphatic carbocycles. The first-order valence-electron chi connectivity index (χ1n) is 16.3. The Balaban J connectivity index is 0.000000218. The van der Waals surface area contributed by atoms with Crippen molar-refractivity contribution in [1.29, 1.82) is 0 Å². The fourth-order valence-electron chi connectivity index (χ4n) is 5.80. The van der Waals surface area contributed by atoms with E-state index in [2.05, 4.69) is 76.3 Å². The average molecular weight is 856 g/mol. The van der Waals surface area contributed by atoms with Crippen molar-refractivity contribution in [3.05, 3.63) is 84.2 Å². The molecule has 0 bridgehead atoms. The minimum atomic E-state index is -0.726. The molecule has 0 spiro atoms. The van der Waals surface area contributed by atoms with E-state index in [1.54, 1.807) is 22.3 Å². The van der Waals surface area contributed by atoms with Crippen LogP contribution in [0.15, 0.2) is 84.2 Å². The Morgan fingerprint density at radius 2 is 0.744 bits per heavy atom. The van der Waals surface area contributed by atoms with Crippen molar-refractivity contribution >= 4 is 0 Å². The number of allylic oxidation sites excluding steroid dienone is 16. The van der Waals surface area contributed by atoms with Crippen LogP contribution >= 0.6 is 0 Å². The first-order valence-corrected chi connectivity index (χ1v) is 23.5. The molecule has 0 heterocycles. The van der Waals surface area contributed by atoms with Gasteiger partial charge in [0.25, 0.3) is 0 Å². The van der Waals surface area contributed by atoms with Gasteiger partial charge in [0.1, 0.15) is 0 Å². The molecule has 0 aromatic heterocycles. The summed E-state index contributed by atoms with van der Waals surface area (Å²) in [5, 5.41) is 0. The normalized spacial score (nSPS) is 17.8. The van der Waals surface area contributed by atoms with Gasteiger partial charge in [0.05, 0.1) is 0 Å². The number of hydrogen-bond acceptors (Lipinski definition) is 0. The second-order valence-electron chi connectivity index (χ2n) is 11.5. The summed E-state index contributed by atoms with van der Waals surface area (Å²) in [4.78, 5) is 0. The molecular weight excluding hydrogens is 801 g/mol. The van der Waals surface area contributed by atoms with E-state index >= 15 is 0 Å². The summed E-state index contributed by atoms with van der Waals surface area (Å²) in [5.41, 5.74) is 6.89. The summed E-state index contributed by atoms with van der Waals surface area (Å²) in [6.45, 7) is 9.20. The Kier molecular flexibility index (Phi) is 16.8. The second kappa shape index (κ2) is 19.7. The molecule has 0 aliphatic heterocycles. The van der Waals surface area contributed by atoms with Gasteiger partial charge >= 0.3 is 267 Å². The predicted octanol–water partition coefficient (Wildman–Crippen LogP) is 12.1. The van der Waals surface area contributed by atoms with Crippen LogP contribution < -0.4 is 0 Å². The van der Waals surface area contributed by atoms with Crippen LogP contribution in [0.2, 0.25) is 0 Å². The molecule has 210 valence electrons. The molecule has 0 radical (unpaired) electrons. The van der Waals surface area contributed by atoms with Crippen LogP contribution in [0, 0.1) is 0 Å². The molecule has 0 N–H and O–H groups in total. The minimum absolute atomic E-state index is 0.695. The Labute approximate surface area is 264 Å². The predicted molar refractivity (Wildman–Crippen MR) is 166 cm³/mol. The first kappa shape index (κ1) is 33.2. The molecule has 4 aliphatic rings. The van der Waals surface area contributed by atoms with Crippen molar-refractivity contribution in [2.75, 3.05) is 0 Å². The average Bonchev–Trinajstić information content (AvgIpc) is 3.75. The van der Waals surface area contributed by atoms with Crippen LogP contribution in [-0.4, -0.2) is 0 Å². The van der Waals surface area contributed by atoms with Crippen molar-refractivity contribution in [3.63, 3.8) is 0 Å². The Hall–Kier alpha value is -0.340. The Morgan fingerprint density at radius 1 is 0.410 bits per heavy atom. The van der Waals surface area contributed by atoms with Gasteiger partial charge in [0, 0.05) is 0 Å². The van der Waals surface area contributed by atoms with Crippen molar-refractivity contribution in [1.82, 2.24) is 0 Å². The monoisotopic (exact) mass is 858 g/mol. The summed E-state index contributed by atoms with van der Waals surface area (Å²) in [6, 6.07) is 0. The van der Waals surface area contributed by atoms with E-state index in [-0.39, 0.29) is 0 Å². The van der Waals surface area contributed by atoms with Gasteiger partial charge in [-0.3, -0.25) is 0 Å². The maximum absolute atomic E-state index is 2.44. The van der Waals surface area contributed by atoms with Gasteiger partial charge in [-0.25, -0.2) is 0 Å². The molecule has 0 aromatic rings. The summed E-state index contributed by atoms with van der Waals surface area (Å²) in [7, 11) is 0. The summed E-state index contributed by atoms with van der Waals surface area (Å²) in [6.07, 6.45) is 42.0. The first-order chi connectivity index (χ1) is 19.2. The second-order valence-corrected chi connectivity index (χ2v) is 21.9. The van der Waals surface area contributed by atoms with E-state index in [0.29, 0.717) is 0 Å². The van der Waals surface area contributed by atoms with Crippen LogP contribution in [-0.2, 0) is 45.8 Å². The third kappa shape index (κ3) is 11.5. The zero-order valence-electron chi connectivity index (χ0n) is 25.6. The van der Waals surface area contributed by atoms with Crippen LogP contribution in [0.25, 0.3) is 0 Å². The van der Waals surface area contributed by atoms with Crippen LogP contribution in [0.4, 0.5) is 0 Å². The molecule has 39 heavy (non-hydrogen) atoms. The van der Waals surface area contributed by atoms with Crippen molar-refractivity contribution in [2.45, 2.75) is 137 Å². The molecule has 0 nitrogen and oxygen atoms in total. The van der Waals surface area contributed by atoms with Gasteiger partial charge < -0.3 is 0 Å². The molecule has 2 heteroatoms. The quantitative estimate of drug-likeness (QED) is 0.101. The zero-order valence-corrected chi connectivity index (χ0v) is 32.8. The molecule has 0 saturated carbocycles. The topological polar surface area (TPSA) is 0 Å². The zero-order chi connectivity index (χ0) is 27.7. The number of hydrogen-bond donors (Lipinski definition) is 0. The Bertz CT molecular complexity index is 980. The fourth-order valence-corrected chi connectivity index (χ4v) is 16.9. The SMILES string of the molecule is CCCCC1=[C]([Hf][C]2=C(CCC)C=CC2)CC=C1.CCCCCC1=[C]([Hf][C]2=C(CCCCC)C=CC2)CC=C1. The number of rotatable bonds is 17. The van der Waals surface area contributed by atoms with Gasteiger partial charge in [0.15, 0.2) is 0 Å². The van der Waals surface area contributed by atoms with Gasteiger partial charge in [-0.15, -0.1) is 0 Å². The molecule has 0 amide bonds. The summed E-state index contributed by atoms with van der Waals surface area (Å²) >= 11 is -1.42. The third-order valence-electron chi connectivity index (χ3n) is 8.14. The van der Waals surface area contributed by atoms with E-state index in [1.807, 2.05) is 13.3 Å². The molecule has 0 atom stereocenters. The molecule has 0 unspecified atom stereocenters. The third-order valence-corrected chi connectivity index (χ3v) is 20.0. The summed E-state index contributed by atoms with van der Waals surface area (Å²) in [5.74, 6) is 0. The molecule has 4 rings (SSSR count). The van der Waals surface area contributed by atoms with Crippen LogP contribution in [0.5, 0.6) is 0 Å². The van der Waals surface area contributed by atoms with Gasteiger partial charge in [-0.05, 0) is 0 Å². The Morgan fingerprint density at radius 3 is 1.08 bits per heavy atom. The van der Waals surface area contributed by atoms with Crippen LogP contribution in [0.1, 0.15) is 137 Å². The van der Waals surface area contributed by atoms with Crippen molar-refractivity contribution in [3.8, 4) is 0 Å². The van der Waals surface area contributed by atoms with Gasteiger partial charge in [0.2, 0.25) is 0 Å². The van der Waals surface area contributed by atoms with Crippen LogP contribution in [0.3, 0.4) is 0 Å². The molecular formula is C37H54Hf2. The van der Waals surface area contributed by atoms with E-state index < -0.39 is 45.8 Å². The fraction of sp³-hybridized carbons (Fsp3) is 0.568. The standard InChI is InChI=1S/2C10H15.C9H13.C8H11.2Hf/c2*1-2-3-4-7-10-8-5-6-9-10;1-2-3-6-9-7-4-5-8-9;1-2-5-8-6-3-4-7-8;;/h2*5,8H,2-4,6-7H2,1H3;4,7H,2-3,5-6H2,1H3;3,6H,2,4-5H2,1H3;;. The van der Waals surface area contributed by atoms with E-state index in [0.717, 1.165) is 0 Å². The maximum atomic E-state index is 2.44. The van der Waals surface area contributed by atoms with Gasteiger partial charge in [-0.1, -0.05) is 0 Å². The van der Waals surface area contributed by atoms with Crippen molar-refractivity contribution < 1.29 is 45.8 Å². The van der Waals surface area contributed by atoms with E-state index in [9.17, 15) is 0 Å². The number of unbranched alkanes of at least 4 members (excludes halogenated alkanes) is 5. The summed E-state index contributed by atoms with van der Waals surface area (Å²) < 4.78 is 7.57. The molecule has 0 aromatic carbocycles. The van der Waals surface area contributed by atoms with Gasteiger partial charge in [-0.2, -0.15) is 0 Å². The van der Waals surface area contributed by atoms with Crippen molar-refractivity contribution in [2.24, 2.45) is 0 Å². The molecule has 0 saturated heterocycles. The molecule has 0 fully saturated rings.